The van der Waals surface area contributed by atoms with Crippen molar-refractivity contribution >= 4 is 17.7 Å². The molecule has 1 aromatic carbocycles. The Hall–Kier alpha value is -3.47. The standard InChI is InChI=1S/C29H43N5O6/c1-17(2)13-21(26(37)34-15-19(35)14-22(34)27(38)33(8)18(3)4)30-25(36)20-11-9-10-12-23(20)39-16-24-31-32-28(40-24)29(5,6)7/h9-12,17-19,21-22,35H,13-16H2,1-8H3,(H,30,36)/t19-,21+,22+/m0/s1. The summed E-state index contributed by atoms with van der Waals surface area (Å²) in [5, 5.41) is 21.3. The van der Waals surface area contributed by atoms with Gasteiger partial charge in [0.25, 0.3) is 11.8 Å². The van der Waals surface area contributed by atoms with Crippen molar-refractivity contribution in [3.63, 3.8) is 0 Å². The van der Waals surface area contributed by atoms with Gasteiger partial charge in [-0.2, -0.15) is 0 Å². The minimum absolute atomic E-state index is 0.0272. The third-order valence-corrected chi connectivity index (χ3v) is 6.87. The first-order chi connectivity index (χ1) is 18.7. The van der Waals surface area contributed by atoms with E-state index in [1.165, 1.54) is 4.90 Å². The van der Waals surface area contributed by atoms with Crippen LogP contribution in [-0.4, -0.2) is 80.6 Å². The summed E-state index contributed by atoms with van der Waals surface area (Å²) in [4.78, 5) is 43.3. The van der Waals surface area contributed by atoms with Gasteiger partial charge in [0.05, 0.1) is 11.7 Å². The molecule has 1 aliphatic rings. The van der Waals surface area contributed by atoms with Crippen LogP contribution in [0.1, 0.15) is 83.4 Å². The Bertz CT molecular complexity index is 1190. The molecule has 1 aliphatic heterocycles. The van der Waals surface area contributed by atoms with E-state index >= 15 is 0 Å². The van der Waals surface area contributed by atoms with Gasteiger partial charge in [-0.05, 0) is 38.3 Å². The van der Waals surface area contributed by atoms with Gasteiger partial charge in [-0.25, -0.2) is 0 Å². The van der Waals surface area contributed by atoms with Crippen LogP contribution in [0.25, 0.3) is 0 Å². The summed E-state index contributed by atoms with van der Waals surface area (Å²) in [5.41, 5.74) is -0.0616. The number of nitrogens with one attached hydrogen (secondary N) is 1. The summed E-state index contributed by atoms with van der Waals surface area (Å²) in [5.74, 6) is 0.0254. The van der Waals surface area contributed by atoms with E-state index in [2.05, 4.69) is 15.5 Å². The first kappa shape index (κ1) is 31.1. The average molecular weight is 558 g/mol. The lowest BCUT2D eigenvalue weighted by Crippen LogP contribution is -2.54. The Morgan fingerprint density at radius 2 is 1.85 bits per heavy atom. The zero-order chi connectivity index (χ0) is 29.8. The summed E-state index contributed by atoms with van der Waals surface area (Å²) in [6, 6.07) is 4.97. The van der Waals surface area contributed by atoms with Crippen molar-refractivity contribution in [3.8, 4) is 5.75 Å². The van der Waals surface area contributed by atoms with E-state index in [9.17, 15) is 19.5 Å². The normalized spacial score (nSPS) is 18.2. The number of carbonyl (C=O) groups is 3. The van der Waals surface area contributed by atoms with Crippen LogP contribution in [0, 0.1) is 5.92 Å². The average Bonchev–Trinajstić information content (AvgIpc) is 3.52. The zero-order valence-electron chi connectivity index (χ0n) is 24.8. The van der Waals surface area contributed by atoms with E-state index in [0.717, 1.165) is 0 Å². The number of rotatable bonds is 10. The third kappa shape index (κ3) is 7.59. The molecule has 1 fully saturated rings. The molecular formula is C29H43N5O6. The largest absolute Gasteiger partial charge is 0.483 e. The van der Waals surface area contributed by atoms with Gasteiger partial charge in [-0.1, -0.05) is 46.8 Å². The monoisotopic (exact) mass is 557 g/mol. The summed E-state index contributed by atoms with van der Waals surface area (Å²) in [7, 11) is 1.68. The van der Waals surface area contributed by atoms with Gasteiger partial charge in [0.15, 0.2) is 6.61 Å². The number of aliphatic hydroxyl groups excluding tert-OH is 1. The van der Waals surface area contributed by atoms with Crippen molar-refractivity contribution in [1.82, 2.24) is 25.3 Å². The molecule has 220 valence electrons. The quantitative estimate of drug-likeness (QED) is 0.455. The second-order valence-electron chi connectivity index (χ2n) is 12.1. The second-order valence-corrected chi connectivity index (χ2v) is 12.1. The number of β-amino-alcohol motifs (C(OH)–C–C–N with tert-alkyl or cyclic N) is 1. The van der Waals surface area contributed by atoms with Crippen LogP contribution in [0.3, 0.4) is 0 Å². The fourth-order valence-corrected chi connectivity index (χ4v) is 4.44. The molecule has 2 heterocycles. The van der Waals surface area contributed by atoms with Crippen LogP contribution in [0.15, 0.2) is 28.7 Å². The SMILES string of the molecule is CC(C)C[C@@H](NC(=O)c1ccccc1OCc1nnc(C(C)(C)C)o1)C(=O)N1C[C@@H](O)C[C@@H]1C(=O)N(C)C(C)C. The van der Waals surface area contributed by atoms with Crippen LogP contribution in [0.2, 0.25) is 0 Å². The van der Waals surface area contributed by atoms with Crippen molar-refractivity contribution in [2.75, 3.05) is 13.6 Å². The Morgan fingerprint density at radius 3 is 2.45 bits per heavy atom. The summed E-state index contributed by atoms with van der Waals surface area (Å²) >= 11 is 0. The highest BCUT2D eigenvalue weighted by Gasteiger charge is 2.43. The lowest BCUT2D eigenvalue weighted by molar-refractivity contribution is -0.145. The molecule has 0 bridgehead atoms. The highest BCUT2D eigenvalue weighted by molar-refractivity contribution is 6.00. The maximum Gasteiger partial charge on any atom is 0.255 e. The van der Waals surface area contributed by atoms with E-state index in [1.807, 2.05) is 48.5 Å². The molecular weight excluding hydrogens is 514 g/mol. The van der Waals surface area contributed by atoms with Crippen molar-refractivity contribution in [3.05, 3.63) is 41.6 Å². The lowest BCUT2D eigenvalue weighted by Gasteiger charge is -2.32. The van der Waals surface area contributed by atoms with E-state index in [4.69, 9.17) is 9.15 Å². The van der Waals surface area contributed by atoms with E-state index in [0.29, 0.717) is 18.1 Å². The zero-order valence-corrected chi connectivity index (χ0v) is 24.8. The fourth-order valence-electron chi connectivity index (χ4n) is 4.44. The number of hydrogen-bond acceptors (Lipinski definition) is 8. The molecule has 1 saturated heterocycles. The fraction of sp³-hybridized carbons (Fsp3) is 0.621. The molecule has 1 aromatic heterocycles. The van der Waals surface area contributed by atoms with Crippen LogP contribution >= 0.6 is 0 Å². The number of amides is 3. The highest BCUT2D eigenvalue weighted by atomic mass is 16.5. The van der Waals surface area contributed by atoms with Gasteiger partial charge >= 0.3 is 0 Å². The maximum absolute atomic E-state index is 13.8. The second kappa shape index (κ2) is 12.8. The Kier molecular flexibility index (Phi) is 9.94. The molecule has 0 unspecified atom stereocenters. The smallest absolute Gasteiger partial charge is 0.255 e. The molecule has 0 radical (unpaired) electrons. The topological polar surface area (TPSA) is 138 Å². The molecule has 3 amide bonds. The van der Waals surface area contributed by atoms with E-state index in [-0.39, 0.29) is 54.3 Å². The van der Waals surface area contributed by atoms with Crippen LogP contribution in [-0.2, 0) is 21.6 Å². The van der Waals surface area contributed by atoms with Crippen molar-refractivity contribution in [2.24, 2.45) is 5.92 Å². The van der Waals surface area contributed by atoms with Crippen molar-refractivity contribution < 1.29 is 28.6 Å². The number of likely N-dealkylation sites (tertiary alicyclic amines) is 1. The Labute approximate surface area is 236 Å². The van der Waals surface area contributed by atoms with Gasteiger partial charge in [0, 0.05) is 31.5 Å². The summed E-state index contributed by atoms with van der Waals surface area (Å²) < 4.78 is 11.6. The molecule has 40 heavy (non-hydrogen) atoms. The molecule has 0 spiro atoms. The molecule has 2 aromatic rings. The number of benzene rings is 1. The number of aliphatic hydroxyl groups is 1. The van der Waals surface area contributed by atoms with Crippen molar-refractivity contribution in [2.45, 2.75) is 97.6 Å². The van der Waals surface area contributed by atoms with Crippen LogP contribution in [0.4, 0.5) is 0 Å². The van der Waals surface area contributed by atoms with Crippen LogP contribution in [0.5, 0.6) is 5.75 Å². The highest BCUT2D eigenvalue weighted by Crippen LogP contribution is 2.25. The number of ether oxygens (including phenoxy) is 1. The first-order valence-corrected chi connectivity index (χ1v) is 13.8. The van der Waals surface area contributed by atoms with E-state index in [1.54, 1.807) is 36.2 Å². The number of hydrogen-bond donors (Lipinski definition) is 2. The maximum atomic E-state index is 13.8. The minimum atomic E-state index is -0.893. The summed E-state index contributed by atoms with van der Waals surface area (Å²) in [6.45, 7) is 13.6. The van der Waals surface area contributed by atoms with Gasteiger partial charge in [-0.3, -0.25) is 14.4 Å². The first-order valence-electron chi connectivity index (χ1n) is 13.8. The van der Waals surface area contributed by atoms with Crippen molar-refractivity contribution in [1.29, 1.82) is 0 Å². The van der Waals surface area contributed by atoms with Gasteiger partial charge in [0.2, 0.25) is 17.7 Å². The minimum Gasteiger partial charge on any atom is -0.483 e. The number of para-hydroxylation sites is 1. The molecule has 3 rings (SSSR count). The number of nitrogens with zero attached hydrogens (tertiary/aromatic N) is 4. The predicted octanol–water partition coefficient (Wildman–Crippen LogP) is 2.92. The molecule has 11 heteroatoms. The number of likely N-dealkylation sites (N-methyl/N-ethyl adjacent to an activating group) is 1. The number of aromatic nitrogens is 2. The molecule has 0 aliphatic carbocycles. The Balaban J connectivity index is 1.78. The molecule has 3 atom stereocenters. The van der Waals surface area contributed by atoms with Crippen LogP contribution < -0.4 is 10.1 Å². The Morgan fingerprint density at radius 1 is 1.18 bits per heavy atom. The van der Waals surface area contributed by atoms with Gasteiger partial charge in [-0.15, -0.1) is 10.2 Å². The third-order valence-electron chi connectivity index (χ3n) is 6.87. The lowest BCUT2D eigenvalue weighted by atomic mass is 9.97. The summed E-state index contributed by atoms with van der Waals surface area (Å²) in [6.07, 6.45) is -0.294. The van der Waals surface area contributed by atoms with Gasteiger partial charge < -0.3 is 29.4 Å². The van der Waals surface area contributed by atoms with E-state index < -0.39 is 30.0 Å². The predicted molar refractivity (Wildman–Crippen MR) is 149 cm³/mol. The molecule has 0 saturated carbocycles. The van der Waals surface area contributed by atoms with Gasteiger partial charge in [0.1, 0.15) is 17.8 Å². The molecule has 2 N–H and O–H groups in total. The molecule has 11 nitrogen and oxygen atoms in total. The number of carbonyl (C=O) groups excluding carboxylic acids is 3.